The molecule has 1 aromatic heterocycles. The highest BCUT2D eigenvalue weighted by molar-refractivity contribution is 6.30. The summed E-state index contributed by atoms with van der Waals surface area (Å²) < 4.78 is 1.37. The number of rotatable bonds is 4. The first-order chi connectivity index (χ1) is 9.34. The van der Waals surface area contributed by atoms with Crippen molar-refractivity contribution in [2.24, 2.45) is 0 Å². The van der Waals surface area contributed by atoms with Gasteiger partial charge in [-0.2, -0.15) is 0 Å². The van der Waals surface area contributed by atoms with Gasteiger partial charge in [-0.3, -0.25) is 4.79 Å². The Morgan fingerprint density at radius 3 is 2.60 bits per heavy atom. The SMILES string of the molecule is CC(C)(O)c1cn(CC(=O)Nc2ccc(Cl)cc2)nn1. The minimum Gasteiger partial charge on any atom is -0.384 e. The number of aromatic nitrogens is 3. The summed E-state index contributed by atoms with van der Waals surface area (Å²) in [5.74, 6) is -0.237. The van der Waals surface area contributed by atoms with Crippen molar-refractivity contribution in [2.45, 2.75) is 26.0 Å². The number of aliphatic hydroxyl groups is 1. The predicted molar refractivity (Wildman–Crippen MR) is 75.3 cm³/mol. The summed E-state index contributed by atoms with van der Waals surface area (Å²) in [6.45, 7) is 3.23. The van der Waals surface area contributed by atoms with E-state index in [-0.39, 0.29) is 12.5 Å². The third-order valence-corrected chi connectivity index (χ3v) is 2.85. The highest BCUT2D eigenvalue weighted by Crippen LogP contribution is 2.16. The van der Waals surface area contributed by atoms with Crippen molar-refractivity contribution in [1.29, 1.82) is 0 Å². The third kappa shape index (κ3) is 3.79. The molecule has 106 valence electrons. The number of hydrogen-bond donors (Lipinski definition) is 2. The van der Waals surface area contributed by atoms with Crippen LogP contribution >= 0.6 is 11.6 Å². The summed E-state index contributed by atoms with van der Waals surface area (Å²) in [5.41, 5.74) is -0.00993. The molecular formula is C13H15ClN4O2. The van der Waals surface area contributed by atoms with Crippen LogP contribution in [0.25, 0.3) is 0 Å². The van der Waals surface area contributed by atoms with Gasteiger partial charge in [0.05, 0.1) is 6.20 Å². The van der Waals surface area contributed by atoms with Gasteiger partial charge in [-0.05, 0) is 38.1 Å². The lowest BCUT2D eigenvalue weighted by molar-refractivity contribution is -0.116. The molecule has 0 atom stereocenters. The quantitative estimate of drug-likeness (QED) is 0.901. The molecule has 0 aliphatic heterocycles. The highest BCUT2D eigenvalue weighted by Gasteiger charge is 2.20. The number of benzene rings is 1. The van der Waals surface area contributed by atoms with Crippen LogP contribution in [0.15, 0.2) is 30.5 Å². The largest absolute Gasteiger partial charge is 0.384 e. The summed E-state index contributed by atoms with van der Waals surface area (Å²) in [4.78, 5) is 11.8. The predicted octanol–water partition coefficient (Wildman–Crippen LogP) is 1.80. The number of amides is 1. The smallest absolute Gasteiger partial charge is 0.246 e. The van der Waals surface area contributed by atoms with Crippen LogP contribution in [-0.2, 0) is 16.9 Å². The van der Waals surface area contributed by atoms with E-state index in [0.717, 1.165) is 0 Å². The molecule has 2 aromatic rings. The maximum Gasteiger partial charge on any atom is 0.246 e. The van der Waals surface area contributed by atoms with Crippen LogP contribution in [0.1, 0.15) is 19.5 Å². The molecule has 0 aliphatic rings. The molecule has 0 bridgehead atoms. The average molecular weight is 295 g/mol. The minimum absolute atomic E-state index is 0.0196. The fourth-order valence-corrected chi connectivity index (χ4v) is 1.66. The zero-order valence-electron chi connectivity index (χ0n) is 11.2. The van der Waals surface area contributed by atoms with Crippen molar-refractivity contribution in [2.75, 3.05) is 5.32 Å². The van der Waals surface area contributed by atoms with Gasteiger partial charge >= 0.3 is 0 Å². The summed E-state index contributed by atoms with van der Waals surface area (Å²) in [7, 11) is 0. The van der Waals surface area contributed by atoms with E-state index in [1.165, 1.54) is 4.68 Å². The molecule has 0 saturated heterocycles. The lowest BCUT2D eigenvalue weighted by Crippen LogP contribution is -2.19. The van der Waals surface area contributed by atoms with E-state index in [4.69, 9.17) is 11.6 Å². The van der Waals surface area contributed by atoms with Crippen molar-refractivity contribution >= 4 is 23.2 Å². The lowest BCUT2D eigenvalue weighted by atomic mass is 10.1. The molecule has 2 rings (SSSR count). The number of carbonyl (C=O) groups excluding carboxylic acids is 1. The molecule has 0 saturated carbocycles. The molecule has 0 unspecified atom stereocenters. The maximum atomic E-state index is 11.8. The molecule has 0 spiro atoms. The lowest BCUT2D eigenvalue weighted by Gasteiger charge is -2.11. The number of anilines is 1. The van der Waals surface area contributed by atoms with Gasteiger partial charge in [-0.25, -0.2) is 4.68 Å². The molecule has 6 nitrogen and oxygen atoms in total. The second kappa shape index (κ2) is 5.60. The number of hydrogen-bond acceptors (Lipinski definition) is 4. The van der Waals surface area contributed by atoms with Crippen LogP contribution < -0.4 is 5.32 Å². The molecule has 20 heavy (non-hydrogen) atoms. The van der Waals surface area contributed by atoms with E-state index in [1.54, 1.807) is 44.3 Å². The Hall–Kier alpha value is -1.92. The number of nitrogens with zero attached hydrogens (tertiary/aromatic N) is 3. The summed E-state index contributed by atoms with van der Waals surface area (Å²) in [5, 5.41) is 20.7. The van der Waals surface area contributed by atoms with Crippen LogP contribution in [0.4, 0.5) is 5.69 Å². The van der Waals surface area contributed by atoms with Gasteiger partial charge in [0.2, 0.25) is 5.91 Å². The normalized spacial score (nSPS) is 11.4. The van der Waals surface area contributed by atoms with Crippen LogP contribution in [0.5, 0.6) is 0 Å². The van der Waals surface area contributed by atoms with Crippen LogP contribution in [-0.4, -0.2) is 26.0 Å². The van der Waals surface area contributed by atoms with Crippen molar-refractivity contribution in [3.05, 3.63) is 41.2 Å². The molecule has 0 fully saturated rings. The first kappa shape index (κ1) is 14.5. The molecule has 0 radical (unpaired) electrons. The third-order valence-electron chi connectivity index (χ3n) is 2.60. The van der Waals surface area contributed by atoms with E-state index < -0.39 is 5.60 Å². The Kier molecular flexibility index (Phi) is 4.06. The zero-order valence-corrected chi connectivity index (χ0v) is 11.9. The maximum absolute atomic E-state index is 11.8. The van der Waals surface area contributed by atoms with Gasteiger partial charge in [-0.15, -0.1) is 5.10 Å². The Morgan fingerprint density at radius 2 is 2.05 bits per heavy atom. The molecule has 1 heterocycles. The average Bonchev–Trinajstić information content (AvgIpc) is 2.80. The second-order valence-electron chi connectivity index (χ2n) is 4.92. The number of nitrogens with one attached hydrogen (secondary N) is 1. The monoisotopic (exact) mass is 294 g/mol. The zero-order chi connectivity index (χ0) is 14.8. The number of halogens is 1. The van der Waals surface area contributed by atoms with Gasteiger partial charge in [0.15, 0.2) is 0 Å². The van der Waals surface area contributed by atoms with Crippen molar-refractivity contribution in [1.82, 2.24) is 15.0 Å². The van der Waals surface area contributed by atoms with Gasteiger partial charge in [0, 0.05) is 10.7 Å². The van der Waals surface area contributed by atoms with E-state index in [9.17, 15) is 9.90 Å². The van der Waals surface area contributed by atoms with Gasteiger partial charge in [-0.1, -0.05) is 16.8 Å². The fraction of sp³-hybridized carbons (Fsp3) is 0.308. The Balaban J connectivity index is 1.98. The minimum atomic E-state index is -1.08. The van der Waals surface area contributed by atoms with Crippen molar-refractivity contribution < 1.29 is 9.90 Å². The van der Waals surface area contributed by atoms with Gasteiger partial charge in [0.25, 0.3) is 0 Å². The topological polar surface area (TPSA) is 80.0 Å². The highest BCUT2D eigenvalue weighted by atomic mass is 35.5. The second-order valence-corrected chi connectivity index (χ2v) is 5.35. The van der Waals surface area contributed by atoms with E-state index in [0.29, 0.717) is 16.4 Å². The van der Waals surface area contributed by atoms with E-state index >= 15 is 0 Å². The first-order valence-corrected chi connectivity index (χ1v) is 6.41. The first-order valence-electron chi connectivity index (χ1n) is 6.03. The molecule has 1 amide bonds. The summed E-state index contributed by atoms with van der Waals surface area (Å²) >= 11 is 5.76. The fourth-order valence-electron chi connectivity index (χ4n) is 1.54. The molecule has 7 heteroatoms. The Labute approximate surface area is 121 Å². The Morgan fingerprint density at radius 1 is 1.40 bits per heavy atom. The van der Waals surface area contributed by atoms with Crippen molar-refractivity contribution in [3.8, 4) is 0 Å². The van der Waals surface area contributed by atoms with Gasteiger partial charge in [0.1, 0.15) is 17.8 Å². The van der Waals surface area contributed by atoms with Crippen LogP contribution in [0.2, 0.25) is 5.02 Å². The van der Waals surface area contributed by atoms with E-state index in [1.807, 2.05) is 0 Å². The number of carbonyl (C=O) groups is 1. The summed E-state index contributed by atoms with van der Waals surface area (Å²) in [6.07, 6.45) is 1.54. The molecule has 2 N–H and O–H groups in total. The summed E-state index contributed by atoms with van der Waals surface area (Å²) in [6, 6.07) is 6.81. The molecule has 0 aliphatic carbocycles. The van der Waals surface area contributed by atoms with Crippen LogP contribution in [0.3, 0.4) is 0 Å². The van der Waals surface area contributed by atoms with E-state index in [2.05, 4.69) is 15.6 Å². The standard InChI is InChI=1S/C13H15ClN4O2/c1-13(2,20)11-7-18(17-16-11)8-12(19)15-10-5-3-9(14)4-6-10/h3-7,20H,8H2,1-2H3,(H,15,19). The van der Waals surface area contributed by atoms with Gasteiger partial charge < -0.3 is 10.4 Å². The Bertz CT molecular complexity index is 602. The molecule has 1 aromatic carbocycles. The van der Waals surface area contributed by atoms with Crippen LogP contribution in [0, 0.1) is 0 Å². The van der Waals surface area contributed by atoms with Crippen molar-refractivity contribution in [3.63, 3.8) is 0 Å². The molecular weight excluding hydrogens is 280 g/mol.